The first-order valence-electron chi connectivity index (χ1n) is 8.92. The molecule has 0 atom stereocenters. The van der Waals surface area contributed by atoms with Crippen molar-refractivity contribution in [3.8, 4) is 5.88 Å². The molecule has 5 heteroatoms. The highest BCUT2D eigenvalue weighted by molar-refractivity contribution is 5.94. The number of pyridine rings is 1. The summed E-state index contributed by atoms with van der Waals surface area (Å²) < 4.78 is 5.79. The number of nitrogens with one attached hydrogen (secondary N) is 1. The SMILES string of the molecule is C.O=C(c1ccnc(OCCC2CCCCC2)c1)N1CCNCC1. The normalized spacial score (nSPS) is 18.8. The van der Waals surface area contributed by atoms with Crippen molar-refractivity contribution in [1.82, 2.24) is 15.2 Å². The van der Waals surface area contributed by atoms with Gasteiger partial charge in [-0.1, -0.05) is 39.5 Å². The van der Waals surface area contributed by atoms with Crippen molar-refractivity contribution in [3.63, 3.8) is 0 Å². The van der Waals surface area contributed by atoms with Gasteiger partial charge >= 0.3 is 0 Å². The molecular formula is C19H31N3O2. The van der Waals surface area contributed by atoms with Crippen molar-refractivity contribution in [2.24, 2.45) is 5.92 Å². The maximum atomic E-state index is 12.5. The molecule has 1 aromatic heterocycles. The van der Waals surface area contributed by atoms with Crippen LogP contribution in [0.25, 0.3) is 0 Å². The van der Waals surface area contributed by atoms with Gasteiger partial charge in [-0.3, -0.25) is 4.79 Å². The molecule has 0 bridgehead atoms. The zero-order valence-electron chi connectivity index (χ0n) is 13.8. The van der Waals surface area contributed by atoms with Crippen LogP contribution in [0.3, 0.4) is 0 Å². The number of hydrogen-bond acceptors (Lipinski definition) is 4. The summed E-state index contributed by atoms with van der Waals surface area (Å²) in [7, 11) is 0. The molecule has 2 aliphatic rings. The standard InChI is InChI=1S/C18H27N3O2.CH4/c22-18(21-11-9-19-10-12-21)16-6-8-20-17(14-16)23-13-7-15-4-2-1-3-5-15;/h6,8,14-15,19H,1-5,7,9-13H2;1H4. The Morgan fingerprint density at radius 2 is 2.00 bits per heavy atom. The Kier molecular flexibility index (Phi) is 7.50. The van der Waals surface area contributed by atoms with E-state index in [0.29, 0.717) is 18.1 Å². The Morgan fingerprint density at radius 3 is 2.75 bits per heavy atom. The molecule has 1 amide bonds. The predicted molar refractivity (Wildman–Crippen MR) is 96.4 cm³/mol. The van der Waals surface area contributed by atoms with Crippen molar-refractivity contribution in [3.05, 3.63) is 23.9 Å². The second-order valence-corrected chi connectivity index (χ2v) is 6.57. The lowest BCUT2D eigenvalue weighted by atomic mass is 9.87. The minimum Gasteiger partial charge on any atom is -0.478 e. The van der Waals surface area contributed by atoms with Crippen LogP contribution in [0.5, 0.6) is 5.88 Å². The Morgan fingerprint density at radius 1 is 1.25 bits per heavy atom. The monoisotopic (exact) mass is 333 g/mol. The summed E-state index contributed by atoms with van der Waals surface area (Å²) in [6.45, 7) is 3.95. The maximum absolute atomic E-state index is 12.5. The average molecular weight is 333 g/mol. The third-order valence-corrected chi connectivity index (χ3v) is 4.89. The third-order valence-electron chi connectivity index (χ3n) is 4.89. The van der Waals surface area contributed by atoms with Crippen LogP contribution in [0.15, 0.2) is 18.3 Å². The molecule has 1 saturated heterocycles. The Labute approximate surface area is 145 Å². The highest BCUT2D eigenvalue weighted by Gasteiger charge is 2.18. The van der Waals surface area contributed by atoms with Gasteiger partial charge in [0, 0.05) is 44.0 Å². The number of piperazine rings is 1. The van der Waals surface area contributed by atoms with Gasteiger partial charge in [-0.05, 0) is 18.4 Å². The van der Waals surface area contributed by atoms with Gasteiger partial charge in [-0.2, -0.15) is 0 Å². The number of nitrogens with zero attached hydrogens (tertiary/aromatic N) is 2. The van der Waals surface area contributed by atoms with Gasteiger partial charge in [-0.15, -0.1) is 0 Å². The Bertz CT molecular complexity index is 509. The van der Waals surface area contributed by atoms with Gasteiger partial charge in [0.25, 0.3) is 5.91 Å². The summed E-state index contributed by atoms with van der Waals surface area (Å²) >= 11 is 0. The molecule has 0 radical (unpaired) electrons. The van der Waals surface area contributed by atoms with E-state index in [0.717, 1.165) is 38.5 Å². The Balaban J connectivity index is 0.00000208. The highest BCUT2D eigenvalue weighted by atomic mass is 16.5. The number of hydrogen-bond donors (Lipinski definition) is 1. The molecule has 2 heterocycles. The van der Waals surface area contributed by atoms with E-state index in [1.807, 2.05) is 4.90 Å². The molecule has 1 aliphatic carbocycles. The van der Waals surface area contributed by atoms with Crippen molar-refractivity contribution < 1.29 is 9.53 Å². The minimum atomic E-state index is 0. The number of rotatable bonds is 5. The van der Waals surface area contributed by atoms with Gasteiger partial charge in [0.1, 0.15) is 0 Å². The lowest BCUT2D eigenvalue weighted by Gasteiger charge is -2.27. The topological polar surface area (TPSA) is 54.5 Å². The van der Waals surface area contributed by atoms with Crippen LogP contribution in [0.2, 0.25) is 0 Å². The largest absolute Gasteiger partial charge is 0.478 e. The van der Waals surface area contributed by atoms with E-state index in [9.17, 15) is 4.79 Å². The molecule has 0 aromatic carbocycles. The summed E-state index contributed by atoms with van der Waals surface area (Å²) in [6.07, 6.45) is 9.53. The summed E-state index contributed by atoms with van der Waals surface area (Å²) in [5, 5.41) is 3.26. The van der Waals surface area contributed by atoms with Crippen LogP contribution in [0.1, 0.15) is 56.3 Å². The predicted octanol–water partition coefficient (Wildman–Crippen LogP) is 3.11. The summed E-state index contributed by atoms with van der Waals surface area (Å²) in [5.74, 6) is 1.45. The second kappa shape index (κ2) is 9.62. The molecule has 0 unspecified atom stereocenters. The fourth-order valence-corrected chi connectivity index (χ4v) is 3.48. The Hall–Kier alpha value is -1.62. The number of aromatic nitrogens is 1. The highest BCUT2D eigenvalue weighted by Crippen LogP contribution is 2.26. The lowest BCUT2D eigenvalue weighted by molar-refractivity contribution is 0.0735. The smallest absolute Gasteiger partial charge is 0.254 e. The number of carbonyl (C=O) groups excluding carboxylic acids is 1. The fraction of sp³-hybridized carbons (Fsp3) is 0.684. The first-order valence-corrected chi connectivity index (χ1v) is 8.92. The lowest BCUT2D eigenvalue weighted by Crippen LogP contribution is -2.46. The summed E-state index contributed by atoms with van der Waals surface area (Å²) in [6, 6.07) is 3.56. The average Bonchev–Trinajstić information content (AvgIpc) is 2.63. The number of ether oxygens (including phenoxy) is 1. The van der Waals surface area contributed by atoms with Crippen LogP contribution in [-0.2, 0) is 0 Å². The molecule has 1 N–H and O–H groups in total. The van der Waals surface area contributed by atoms with Gasteiger partial charge < -0.3 is 15.0 Å². The first kappa shape index (κ1) is 18.7. The second-order valence-electron chi connectivity index (χ2n) is 6.57. The fourth-order valence-electron chi connectivity index (χ4n) is 3.48. The summed E-state index contributed by atoms with van der Waals surface area (Å²) in [5.41, 5.74) is 0.676. The minimum absolute atomic E-state index is 0. The summed E-state index contributed by atoms with van der Waals surface area (Å²) in [4.78, 5) is 18.6. The van der Waals surface area contributed by atoms with Crippen LogP contribution >= 0.6 is 0 Å². The molecule has 1 saturated carbocycles. The molecule has 1 aromatic rings. The van der Waals surface area contributed by atoms with E-state index >= 15 is 0 Å². The van der Waals surface area contributed by atoms with Crippen LogP contribution in [0.4, 0.5) is 0 Å². The van der Waals surface area contributed by atoms with E-state index in [1.54, 1.807) is 18.3 Å². The van der Waals surface area contributed by atoms with Crippen molar-refractivity contribution >= 4 is 5.91 Å². The molecule has 3 rings (SSSR count). The van der Waals surface area contributed by atoms with Crippen molar-refractivity contribution in [1.29, 1.82) is 0 Å². The van der Waals surface area contributed by atoms with Crippen LogP contribution < -0.4 is 10.1 Å². The molecular weight excluding hydrogens is 302 g/mol. The van der Waals surface area contributed by atoms with Crippen molar-refractivity contribution in [2.75, 3.05) is 32.8 Å². The maximum Gasteiger partial charge on any atom is 0.254 e. The van der Waals surface area contributed by atoms with E-state index < -0.39 is 0 Å². The zero-order chi connectivity index (χ0) is 15.9. The third kappa shape index (κ3) is 5.20. The number of amides is 1. The molecule has 24 heavy (non-hydrogen) atoms. The van der Waals surface area contributed by atoms with Crippen molar-refractivity contribution in [2.45, 2.75) is 46.0 Å². The van der Waals surface area contributed by atoms with Gasteiger partial charge in [0.2, 0.25) is 5.88 Å². The molecule has 1 aliphatic heterocycles. The van der Waals surface area contributed by atoms with E-state index in [1.165, 1.54) is 32.1 Å². The molecule has 134 valence electrons. The van der Waals surface area contributed by atoms with E-state index in [2.05, 4.69) is 10.3 Å². The van der Waals surface area contributed by atoms with Crippen LogP contribution in [0, 0.1) is 5.92 Å². The van der Waals surface area contributed by atoms with Gasteiger partial charge in [0.05, 0.1) is 6.61 Å². The van der Waals surface area contributed by atoms with Crippen LogP contribution in [-0.4, -0.2) is 48.6 Å². The number of carbonyl (C=O) groups is 1. The van der Waals surface area contributed by atoms with E-state index in [-0.39, 0.29) is 13.3 Å². The zero-order valence-corrected chi connectivity index (χ0v) is 13.8. The first-order chi connectivity index (χ1) is 11.3. The quantitative estimate of drug-likeness (QED) is 0.899. The molecule has 2 fully saturated rings. The molecule has 5 nitrogen and oxygen atoms in total. The molecule has 0 spiro atoms. The van der Waals surface area contributed by atoms with E-state index in [4.69, 9.17) is 4.74 Å². The van der Waals surface area contributed by atoms with Gasteiger partial charge in [0.15, 0.2) is 0 Å². The van der Waals surface area contributed by atoms with Gasteiger partial charge in [-0.25, -0.2) is 4.98 Å².